The van der Waals surface area contributed by atoms with Crippen LogP contribution in [-0.2, 0) is 6.42 Å². The molecule has 0 spiro atoms. The van der Waals surface area contributed by atoms with Crippen molar-refractivity contribution in [2.75, 3.05) is 13.1 Å². The van der Waals surface area contributed by atoms with Gasteiger partial charge in [-0.3, -0.25) is 4.79 Å². The Morgan fingerprint density at radius 2 is 2.27 bits per heavy atom. The van der Waals surface area contributed by atoms with E-state index in [2.05, 4.69) is 9.97 Å². The largest absolute Gasteiger partial charge is 0.445 e. The number of hydrogen-bond acceptors (Lipinski definition) is 5. The summed E-state index contributed by atoms with van der Waals surface area (Å²) in [5, 5.41) is 0. The van der Waals surface area contributed by atoms with Crippen molar-refractivity contribution in [3.63, 3.8) is 0 Å². The number of carbonyl (C=O) groups excluding carboxylic acids is 1. The number of nitrogens with zero attached hydrogens (tertiary/aromatic N) is 3. The van der Waals surface area contributed by atoms with Crippen LogP contribution >= 0.6 is 0 Å². The molecule has 3 aromatic rings. The van der Waals surface area contributed by atoms with Crippen molar-refractivity contribution in [2.45, 2.75) is 25.2 Å². The number of likely N-dealkylation sites (tertiary alicyclic amines) is 1. The summed E-state index contributed by atoms with van der Waals surface area (Å²) in [6, 6.07) is 6.43. The van der Waals surface area contributed by atoms with E-state index < -0.39 is 0 Å². The second kappa shape index (κ2) is 7.11. The van der Waals surface area contributed by atoms with Gasteiger partial charge in [0.05, 0.1) is 18.3 Å². The van der Waals surface area contributed by atoms with Crippen LogP contribution in [0.4, 0.5) is 4.39 Å². The Hall–Kier alpha value is -2.96. The van der Waals surface area contributed by atoms with Crippen molar-refractivity contribution < 1.29 is 18.0 Å². The van der Waals surface area contributed by atoms with Crippen molar-refractivity contribution in [3.05, 3.63) is 71.8 Å². The van der Waals surface area contributed by atoms with Crippen LogP contribution in [0, 0.1) is 5.82 Å². The molecule has 1 aromatic carbocycles. The number of aromatic nitrogens is 2. The third-order valence-electron chi connectivity index (χ3n) is 4.54. The number of rotatable bonds is 4. The van der Waals surface area contributed by atoms with E-state index in [4.69, 9.17) is 8.83 Å². The van der Waals surface area contributed by atoms with Crippen LogP contribution in [0.2, 0.25) is 0 Å². The van der Waals surface area contributed by atoms with Gasteiger partial charge < -0.3 is 13.7 Å². The topological polar surface area (TPSA) is 72.4 Å². The molecule has 3 heterocycles. The molecule has 0 radical (unpaired) electrons. The third-order valence-corrected chi connectivity index (χ3v) is 4.54. The fourth-order valence-electron chi connectivity index (χ4n) is 3.28. The molecule has 1 fully saturated rings. The Morgan fingerprint density at radius 1 is 1.35 bits per heavy atom. The first-order valence-corrected chi connectivity index (χ1v) is 8.56. The number of carbonyl (C=O) groups is 1. The van der Waals surface area contributed by atoms with Crippen molar-refractivity contribution in [1.29, 1.82) is 0 Å². The zero-order chi connectivity index (χ0) is 17.9. The Kier molecular flexibility index (Phi) is 4.51. The van der Waals surface area contributed by atoms with Crippen LogP contribution in [0.15, 0.2) is 51.9 Å². The molecule has 134 valence electrons. The minimum atomic E-state index is -0.268. The van der Waals surface area contributed by atoms with E-state index in [1.165, 1.54) is 24.7 Å². The second-order valence-electron chi connectivity index (χ2n) is 6.43. The zero-order valence-corrected chi connectivity index (χ0v) is 14.1. The molecule has 6 nitrogen and oxygen atoms in total. The molecule has 26 heavy (non-hydrogen) atoms. The Morgan fingerprint density at radius 3 is 3.08 bits per heavy atom. The van der Waals surface area contributed by atoms with Gasteiger partial charge in [0.25, 0.3) is 5.91 Å². The zero-order valence-electron chi connectivity index (χ0n) is 14.1. The van der Waals surface area contributed by atoms with Crippen molar-refractivity contribution in [2.24, 2.45) is 0 Å². The molecule has 2 aromatic heterocycles. The lowest BCUT2D eigenvalue weighted by molar-refractivity contribution is 0.0666. The number of benzene rings is 1. The molecule has 0 N–H and O–H groups in total. The van der Waals surface area contributed by atoms with Gasteiger partial charge in [0.2, 0.25) is 5.76 Å². The highest BCUT2D eigenvalue weighted by Gasteiger charge is 2.29. The SMILES string of the molecule is O=C(c1cnco1)N1CCC[C@H](c2ncc(Cc3cccc(F)c3)o2)C1. The maximum atomic E-state index is 13.3. The highest BCUT2D eigenvalue weighted by atomic mass is 19.1. The quantitative estimate of drug-likeness (QED) is 0.717. The van der Waals surface area contributed by atoms with Gasteiger partial charge in [0.15, 0.2) is 12.3 Å². The van der Waals surface area contributed by atoms with E-state index in [0.717, 1.165) is 18.4 Å². The molecule has 0 bridgehead atoms. The average molecular weight is 355 g/mol. The molecular weight excluding hydrogens is 337 g/mol. The highest BCUT2D eigenvalue weighted by Crippen LogP contribution is 2.28. The minimum Gasteiger partial charge on any atom is -0.445 e. The van der Waals surface area contributed by atoms with Crippen molar-refractivity contribution in [3.8, 4) is 0 Å². The molecule has 1 aliphatic rings. The van der Waals surface area contributed by atoms with Crippen LogP contribution in [0.3, 0.4) is 0 Å². The summed E-state index contributed by atoms with van der Waals surface area (Å²) in [5.41, 5.74) is 0.832. The summed E-state index contributed by atoms with van der Waals surface area (Å²) in [6.45, 7) is 1.20. The molecule has 0 aliphatic carbocycles. The van der Waals surface area contributed by atoms with Gasteiger partial charge in [-0.1, -0.05) is 12.1 Å². The molecule has 4 rings (SSSR count). The summed E-state index contributed by atoms with van der Waals surface area (Å²) >= 11 is 0. The number of piperidine rings is 1. The fraction of sp³-hybridized carbons (Fsp3) is 0.316. The third kappa shape index (κ3) is 3.51. The second-order valence-corrected chi connectivity index (χ2v) is 6.43. The monoisotopic (exact) mass is 355 g/mol. The Balaban J connectivity index is 1.44. The molecule has 7 heteroatoms. The summed E-state index contributed by atoms with van der Waals surface area (Å²) in [5.74, 6) is 1.15. The van der Waals surface area contributed by atoms with E-state index >= 15 is 0 Å². The summed E-state index contributed by atoms with van der Waals surface area (Å²) in [6.07, 6.45) is 6.61. The predicted molar refractivity (Wildman–Crippen MR) is 90.1 cm³/mol. The van der Waals surface area contributed by atoms with Crippen LogP contribution in [-0.4, -0.2) is 33.9 Å². The standard InChI is InChI=1S/C19H18FN3O3/c20-15-5-1-3-13(7-15)8-16-9-22-18(26-16)14-4-2-6-23(11-14)19(24)17-10-21-12-25-17/h1,3,5,7,9-10,12,14H,2,4,6,8,11H2/t14-/m0/s1. The van der Waals surface area contributed by atoms with Crippen LogP contribution in [0.1, 0.15) is 46.5 Å². The molecule has 0 saturated carbocycles. The first-order valence-electron chi connectivity index (χ1n) is 8.56. The summed E-state index contributed by atoms with van der Waals surface area (Å²) < 4.78 is 24.3. The highest BCUT2D eigenvalue weighted by molar-refractivity contribution is 5.91. The average Bonchev–Trinajstić information content (AvgIpc) is 3.33. The van der Waals surface area contributed by atoms with Gasteiger partial charge in [-0.15, -0.1) is 0 Å². The van der Waals surface area contributed by atoms with E-state index in [9.17, 15) is 9.18 Å². The smallest absolute Gasteiger partial charge is 0.291 e. The Labute approximate surface area is 149 Å². The maximum absolute atomic E-state index is 13.3. The first kappa shape index (κ1) is 16.5. The lowest BCUT2D eigenvalue weighted by Gasteiger charge is -2.30. The maximum Gasteiger partial charge on any atom is 0.291 e. The van der Waals surface area contributed by atoms with E-state index in [1.807, 2.05) is 6.07 Å². The molecule has 1 amide bonds. The van der Waals surface area contributed by atoms with Crippen molar-refractivity contribution >= 4 is 5.91 Å². The predicted octanol–water partition coefficient (Wildman–Crippen LogP) is 3.41. The van der Waals surface area contributed by atoms with Gasteiger partial charge in [0, 0.05) is 19.5 Å². The van der Waals surface area contributed by atoms with E-state index in [0.29, 0.717) is 31.2 Å². The van der Waals surface area contributed by atoms with Crippen molar-refractivity contribution in [1.82, 2.24) is 14.9 Å². The normalized spacial score (nSPS) is 17.4. The molecule has 1 aliphatic heterocycles. The minimum absolute atomic E-state index is 0.0388. The molecular formula is C19H18FN3O3. The van der Waals surface area contributed by atoms with Crippen LogP contribution < -0.4 is 0 Å². The van der Waals surface area contributed by atoms with Gasteiger partial charge in [-0.05, 0) is 30.5 Å². The number of hydrogen-bond donors (Lipinski definition) is 0. The Bertz CT molecular complexity index is 891. The molecule has 1 atom stereocenters. The number of amides is 1. The number of oxazole rings is 2. The molecule has 0 unspecified atom stereocenters. The van der Waals surface area contributed by atoms with Gasteiger partial charge >= 0.3 is 0 Å². The van der Waals surface area contributed by atoms with E-state index in [1.54, 1.807) is 17.2 Å². The molecule has 1 saturated heterocycles. The number of halogens is 1. The summed E-state index contributed by atoms with van der Waals surface area (Å²) in [7, 11) is 0. The lowest BCUT2D eigenvalue weighted by atomic mass is 9.98. The fourth-order valence-corrected chi connectivity index (χ4v) is 3.28. The summed E-state index contributed by atoms with van der Waals surface area (Å²) in [4.78, 5) is 22.3. The lowest BCUT2D eigenvalue weighted by Crippen LogP contribution is -2.39. The van der Waals surface area contributed by atoms with Gasteiger partial charge in [0.1, 0.15) is 11.6 Å². The van der Waals surface area contributed by atoms with Crippen LogP contribution in [0.25, 0.3) is 0 Å². The van der Waals surface area contributed by atoms with Gasteiger partial charge in [-0.25, -0.2) is 14.4 Å². The van der Waals surface area contributed by atoms with E-state index in [-0.39, 0.29) is 23.4 Å². The first-order chi connectivity index (χ1) is 12.7. The van der Waals surface area contributed by atoms with Crippen LogP contribution in [0.5, 0.6) is 0 Å². The van der Waals surface area contributed by atoms with Gasteiger partial charge in [-0.2, -0.15) is 0 Å².